The van der Waals surface area contributed by atoms with Crippen LogP contribution in [0.25, 0.3) is 22.6 Å². The summed E-state index contributed by atoms with van der Waals surface area (Å²) in [6.07, 6.45) is 5.08. The first-order valence-corrected chi connectivity index (χ1v) is 9.67. The zero-order chi connectivity index (χ0) is 20.2. The van der Waals surface area contributed by atoms with Crippen molar-refractivity contribution in [2.75, 3.05) is 6.61 Å². The third-order valence-corrected chi connectivity index (χ3v) is 4.67. The maximum Gasteiger partial charge on any atom is 0.225 e. The number of rotatable bonds is 7. The normalized spacial score (nSPS) is 11.0. The molecule has 0 amide bonds. The average molecular weight is 409 g/mol. The average Bonchev–Trinajstić information content (AvgIpc) is 3.05. The molecule has 4 rings (SSSR count). The SMILES string of the molecule is CCOSOc1cc(Oc2ccccn2)cnc1-c1nc2cc(C)ncc2n1C. The largest absolute Gasteiger partial charge is 0.437 e. The van der Waals surface area contributed by atoms with E-state index in [0.717, 1.165) is 29.1 Å². The van der Waals surface area contributed by atoms with Gasteiger partial charge in [0.05, 0.1) is 30.0 Å². The van der Waals surface area contributed by atoms with E-state index in [2.05, 4.69) is 15.0 Å². The molecule has 0 aliphatic heterocycles. The van der Waals surface area contributed by atoms with Gasteiger partial charge >= 0.3 is 0 Å². The topological polar surface area (TPSA) is 84.2 Å². The van der Waals surface area contributed by atoms with Gasteiger partial charge in [0.2, 0.25) is 18.2 Å². The molecule has 0 atom stereocenters. The summed E-state index contributed by atoms with van der Waals surface area (Å²) in [5.74, 6) is 2.09. The molecule has 9 heteroatoms. The van der Waals surface area contributed by atoms with Gasteiger partial charge in [0.1, 0.15) is 5.69 Å². The molecule has 0 spiro atoms. The van der Waals surface area contributed by atoms with Crippen LogP contribution in [0.2, 0.25) is 0 Å². The van der Waals surface area contributed by atoms with Crippen LogP contribution in [0, 0.1) is 6.92 Å². The van der Waals surface area contributed by atoms with E-state index in [9.17, 15) is 0 Å². The Hall–Kier alpha value is -3.17. The molecule has 0 aliphatic rings. The van der Waals surface area contributed by atoms with Crippen LogP contribution in [-0.4, -0.2) is 31.1 Å². The van der Waals surface area contributed by atoms with E-state index in [4.69, 9.17) is 18.1 Å². The lowest BCUT2D eigenvalue weighted by Crippen LogP contribution is -1.99. The molecule has 0 unspecified atom stereocenters. The summed E-state index contributed by atoms with van der Waals surface area (Å²) in [5.41, 5.74) is 3.22. The molecule has 8 nitrogen and oxygen atoms in total. The second-order valence-electron chi connectivity index (χ2n) is 6.15. The van der Waals surface area contributed by atoms with E-state index >= 15 is 0 Å². The second-order valence-corrected chi connectivity index (χ2v) is 6.69. The van der Waals surface area contributed by atoms with Gasteiger partial charge in [-0.1, -0.05) is 6.07 Å². The fourth-order valence-corrected chi connectivity index (χ4v) is 3.10. The third kappa shape index (κ3) is 4.15. The molecule has 0 aromatic carbocycles. The van der Waals surface area contributed by atoms with Crippen molar-refractivity contribution in [3.63, 3.8) is 0 Å². The molecule has 4 aromatic heterocycles. The van der Waals surface area contributed by atoms with E-state index in [1.54, 1.807) is 30.7 Å². The van der Waals surface area contributed by atoms with Gasteiger partial charge in [-0.2, -0.15) is 0 Å². The Morgan fingerprint density at radius 1 is 1.10 bits per heavy atom. The molecule has 4 heterocycles. The first-order valence-electron chi connectivity index (χ1n) is 9.00. The summed E-state index contributed by atoms with van der Waals surface area (Å²) >= 11 is 0.885. The third-order valence-electron chi connectivity index (χ3n) is 4.09. The molecule has 0 saturated heterocycles. The van der Waals surface area contributed by atoms with Gasteiger partial charge in [-0.3, -0.25) is 9.17 Å². The molecular weight excluding hydrogens is 390 g/mol. The van der Waals surface area contributed by atoms with Crippen LogP contribution in [0.4, 0.5) is 0 Å². The molecule has 0 radical (unpaired) electrons. The quantitative estimate of drug-likeness (QED) is 0.326. The fourth-order valence-electron chi connectivity index (χ4n) is 2.75. The van der Waals surface area contributed by atoms with Gasteiger partial charge in [-0.25, -0.2) is 15.0 Å². The lowest BCUT2D eigenvalue weighted by molar-refractivity contribution is 0.369. The summed E-state index contributed by atoms with van der Waals surface area (Å²) < 4.78 is 18.7. The van der Waals surface area contributed by atoms with Crippen LogP contribution in [0.3, 0.4) is 0 Å². The minimum Gasteiger partial charge on any atom is -0.437 e. The summed E-state index contributed by atoms with van der Waals surface area (Å²) in [5, 5.41) is 0. The van der Waals surface area contributed by atoms with E-state index in [0.29, 0.717) is 35.5 Å². The van der Waals surface area contributed by atoms with Gasteiger partial charge in [-0.15, -0.1) is 0 Å². The highest BCUT2D eigenvalue weighted by Gasteiger charge is 2.18. The second kappa shape index (κ2) is 8.46. The van der Waals surface area contributed by atoms with E-state index in [1.807, 2.05) is 43.7 Å². The number of aryl methyl sites for hydroxylation is 2. The first kappa shape index (κ1) is 19.2. The molecule has 0 N–H and O–H groups in total. The van der Waals surface area contributed by atoms with Crippen LogP contribution in [-0.2, 0) is 11.2 Å². The van der Waals surface area contributed by atoms with Crippen molar-refractivity contribution >= 4 is 23.4 Å². The number of ether oxygens (including phenoxy) is 1. The molecule has 0 bridgehead atoms. The number of nitrogens with zero attached hydrogens (tertiary/aromatic N) is 5. The Balaban J connectivity index is 1.74. The first-order chi connectivity index (χ1) is 14.2. The van der Waals surface area contributed by atoms with Gasteiger partial charge in [0.25, 0.3) is 0 Å². The zero-order valence-corrected chi connectivity index (χ0v) is 17.0. The highest BCUT2D eigenvalue weighted by molar-refractivity contribution is 7.90. The number of fused-ring (bicyclic) bond motifs is 1. The lowest BCUT2D eigenvalue weighted by Gasteiger charge is -2.11. The fraction of sp³-hybridized carbons (Fsp3) is 0.200. The van der Waals surface area contributed by atoms with Crippen LogP contribution < -0.4 is 8.92 Å². The Bertz CT molecular complexity index is 1130. The Morgan fingerprint density at radius 3 is 2.79 bits per heavy atom. The minimum atomic E-state index is 0.467. The monoisotopic (exact) mass is 409 g/mol. The maximum absolute atomic E-state index is 5.78. The van der Waals surface area contributed by atoms with Crippen molar-refractivity contribution in [3.8, 4) is 28.9 Å². The smallest absolute Gasteiger partial charge is 0.225 e. The highest BCUT2D eigenvalue weighted by Crippen LogP contribution is 2.35. The van der Waals surface area contributed by atoms with Crippen molar-refractivity contribution in [2.45, 2.75) is 13.8 Å². The Labute approximate surface area is 172 Å². The molecule has 0 fully saturated rings. The predicted octanol–water partition coefficient (Wildman–Crippen LogP) is 4.50. The number of aromatic nitrogens is 5. The molecule has 0 aliphatic carbocycles. The Morgan fingerprint density at radius 2 is 2.00 bits per heavy atom. The molecule has 4 aromatic rings. The van der Waals surface area contributed by atoms with Crippen LogP contribution in [0.1, 0.15) is 12.6 Å². The predicted molar refractivity (Wildman–Crippen MR) is 111 cm³/mol. The summed E-state index contributed by atoms with van der Waals surface area (Å²) in [7, 11) is 1.92. The number of imidazole rings is 1. The summed E-state index contributed by atoms with van der Waals surface area (Å²) in [6, 6.07) is 9.12. The van der Waals surface area contributed by atoms with E-state index < -0.39 is 0 Å². The van der Waals surface area contributed by atoms with Gasteiger partial charge in [0.15, 0.2) is 17.3 Å². The standard InChI is InChI=1S/C20H19N5O3S/c1-4-26-29-28-17-10-14(27-18-7-5-6-8-21-18)11-23-19(17)20-24-15-9-13(2)22-12-16(15)25(20)3/h5-12H,4H2,1-3H3. The number of hydrogen-bond donors (Lipinski definition) is 0. The Kier molecular flexibility index (Phi) is 5.59. The summed E-state index contributed by atoms with van der Waals surface area (Å²) in [4.78, 5) is 17.8. The van der Waals surface area contributed by atoms with E-state index in [-0.39, 0.29) is 0 Å². The lowest BCUT2D eigenvalue weighted by atomic mass is 10.3. The van der Waals surface area contributed by atoms with Gasteiger partial charge in [-0.05, 0) is 26.0 Å². The van der Waals surface area contributed by atoms with Gasteiger partial charge < -0.3 is 13.5 Å². The number of hydrogen-bond acceptors (Lipinski definition) is 8. The minimum absolute atomic E-state index is 0.467. The van der Waals surface area contributed by atoms with Crippen molar-refractivity contribution < 1.29 is 13.1 Å². The zero-order valence-electron chi connectivity index (χ0n) is 16.2. The summed E-state index contributed by atoms with van der Waals surface area (Å²) in [6.45, 7) is 4.33. The molecule has 0 saturated carbocycles. The number of pyridine rings is 3. The van der Waals surface area contributed by atoms with Crippen LogP contribution in [0.5, 0.6) is 17.4 Å². The van der Waals surface area contributed by atoms with Crippen molar-refractivity contribution in [1.82, 2.24) is 24.5 Å². The van der Waals surface area contributed by atoms with Gasteiger partial charge in [0, 0.05) is 31.1 Å². The maximum atomic E-state index is 5.78. The van der Waals surface area contributed by atoms with Crippen molar-refractivity contribution in [2.24, 2.45) is 7.05 Å². The molecule has 148 valence electrons. The highest BCUT2D eigenvalue weighted by atomic mass is 32.2. The van der Waals surface area contributed by atoms with Crippen molar-refractivity contribution in [3.05, 3.63) is 54.6 Å². The molecular formula is C20H19N5O3S. The van der Waals surface area contributed by atoms with E-state index in [1.165, 1.54) is 0 Å². The van der Waals surface area contributed by atoms with Crippen LogP contribution in [0.15, 0.2) is 48.9 Å². The van der Waals surface area contributed by atoms with Crippen LogP contribution >= 0.6 is 12.3 Å². The van der Waals surface area contributed by atoms with Crippen molar-refractivity contribution in [1.29, 1.82) is 0 Å². The molecule has 29 heavy (non-hydrogen) atoms.